The van der Waals surface area contributed by atoms with Gasteiger partial charge in [-0.1, -0.05) is 0 Å². The maximum atomic E-state index is 10.7. The van der Waals surface area contributed by atoms with Gasteiger partial charge in [-0.15, -0.1) is 0 Å². The van der Waals surface area contributed by atoms with E-state index in [1.165, 1.54) is 50.3 Å². The molecule has 3 saturated heterocycles. The van der Waals surface area contributed by atoms with Gasteiger partial charge >= 0.3 is 5.51 Å². The molecular weight excluding hydrogens is 301 g/mol. The van der Waals surface area contributed by atoms with Crippen LogP contribution in [-0.4, -0.2) is 85.4 Å². The lowest BCUT2D eigenvalue weighted by Gasteiger charge is -2.50. The van der Waals surface area contributed by atoms with Crippen molar-refractivity contribution in [1.29, 1.82) is 0 Å². The molecule has 3 aliphatic rings. The van der Waals surface area contributed by atoms with Gasteiger partial charge in [0.2, 0.25) is 0 Å². The summed E-state index contributed by atoms with van der Waals surface area (Å²) in [6.07, 6.45) is 0.986. The highest BCUT2D eigenvalue weighted by Gasteiger charge is 2.37. The van der Waals surface area contributed by atoms with E-state index in [4.69, 9.17) is 18.1 Å². The molecule has 6 nitrogen and oxygen atoms in total. The molecular formula is C10H19F3N2O4S. The van der Waals surface area contributed by atoms with Crippen molar-refractivity contribution in [2.75, 3.05) is 52.4 Å². The van der Waals surface area contributed by atoms with Gasteiger partial charge in [-0.2, -0.15) is 13.2 Å². The smallest absolute Gasteiger partial charge is 0.485 e. The first kappa shape index (κ1) is 17.6. The van der Waals surface area contributed by atoms with Crippen LogP contribution in [0.1, 0.15) is 6.42 Å². The van der Waals surface area contributed by atoms with Gasteiger partial charge in [0.15, 0.2) is 10.1 Å². The predicted molar refractivity (Wildman–Crippen MR) is 63.6 cm³/mol. The predicted octanol–water partition coefficient (Wildman–Crippen LogP) is -0.434. The zero-order chi connectivity index (χ0) is 15.4. The fourth-order valence-electron chi connectivity index (χ4n) is 2.47. The van der Waals surface area contributed by atoms with Crippen LogP contribution in [0.3, 0.4) is 0 Å². The van der Waals surface area contributed by atoms with E-state index in [1.54, 1.807) is 0 Å². The monoisotopic (exact) mass is 320 g/mol. The van der Waals surface area contributed by atoms with Crippen LogP contribution in [0.5, 0.6) is 0 Å². The Labute approximate surface area is 116 Å². The number of quaternary nitrogens is 1. The molecule has 120 valence electrons. The Morgan fingerprint density at radius 2 is 1.55 bits per heavy atom. The molecule has 0 atom stereocenters. The summed E-state index contributed by atoms with van der Waals surface area (Å²) in [5.74, 6) is 0. The number of rotatable bonds is 3. The Kier molecular flexibility index (Phi) is 5.79. The molecule has 0 amide bonds. The van der Waals surface area contributed by atoms with Crippen LogP contribution in [0, 0.1) is 0 Å². The number of piperazine rings is 3. The number of hydrogen-bond donors (Lipinski definition) is 1. The van der Waals surface area contributed by atoms with Gasteiger partial charge in [0.25, 0.3) is 0 Å². The van der Waals surface area contributed by atoms with E-state index in [2.05, 4.69) is 4.90 Å². The maximum Gasteiger partial charge on any atom is 0.485 e. The second kappa shape index (κ2) is 6.56. The first-order valence-corrected chi connectivity index (χ1v) is 7.71. The second-order valence-corrected chi connectivity index (χ2v) is 6.43. The second-order valence-electron chi connectivity index (χ2n) is 5.05. The van der Waals surface area contributed by atoms with Crippen molar-refractivity contribution < 1.29 is 35.7 Å². The molecule has 3 rings (SSSR count). The van der Waals surface area contributed by atoms with Gasteiger partial charge < -0.3 is 14.1 Å². The van der Waals surface area contributed by atoms with Crippen LogP contribution in [0.15, 0.2) is 0 Å². The normalized spacial score (nSPS) is 29.8. The van der Waals surface area contributed by atoms with Crippen molar-refractivity contribution in [3.05, 3.63) is 0 Å². The Balaban J connectivity index is 0.000000221. The fourth-order valence-corrected chi connectivity index (χ4v) is 2.47. The van der Waals surface area contributed by atoms with Crippen molar-refractivity contribution >= 4 is 10.1 Å². The standard InChI is InChI=1S/C9H19N2O.CHF3O3S/c12-9-1-5-11-6-2-10(3-7-11)4-8-11;2-1(3,4)8(5,6)7/h12H,1-9H2;(H,5,6,7)/q+1;/p-1. The molecule has 0 radical (unpaired) electrons. The van der Waals surface area contributed by atoms with E-state index in [0.29, 0.717) is 6.61 Å². The minimum atomic E-state index is -6.09. The van der Waals surface area contributed by atoms with Crippen molar-refractivity contribution in [1.82, 2.24) is 4.90 Å². The van der Waals surface area contributed by atoms with Crippen LogP contribution in [0.2, 0.25) is 0 Å². The van der Waals surface area contributed by atoms with Gasteiger partial charge in [-0.25, -0.2) is 8.42 Å². The van der Waals surface area contributed by atoms with Crippen LogP contribution in [0.25, 0.3) is 0 Å². The third-order valence-electron chi connectivity index (χ3n) is 3.75. The molecule has 20 heavy (non-hydrogen) atoms. The summed E-state index contributed by atoms with van der Waals surface area (Å²) in [4.78, 5) is 2.55. The number of aliphatic hydroxyl groups is 1. The number of nitrogens with zero attached hydrogens (tertiary/aromatic N) is 2. The van der Waals surface area contributed by atoms with Crippen LogP contribution < -0.4 is 0 Å². The van der Waals surface area contributed by atoms with E-state index < -0.39 is 15.6 Å². The summed E-state index contributed by atoms with van der Waals surface area (Å²) < 4.78 is 60.2. The number of hydrogen-bond acceptors (Lipinski definition) is 5. The summed E-state index contributed by atoms with van der Waals surface area (Å²) >= 11 is 0. The molecule has 3 heterocycles. The van der Waals surface area contributed by atoms with Crippen molar-refractivity contribution in [2.45, 2.75) is 11.9 Å². The minimum absolute atomic E-state index is 0.365. The van der Waals surface area contributed by atoms with Gasteiger partial charge in [0.1, 0.15) is 0 Å². The van der Waals surface area contributed by atoms with Crippen LogP contribution in [0.4, 0.5) is 13.2 Å². The third kappa shape index (κ3) is 4.85. The molecule has 10 heteroatoms. The Hall–Kier alpha value is -0.420. The topological polar surface area (TPSA) is 80.7 Å². The van der Waals surface area contributed by atoms with E-state index in [1.807, 2.05) is 0 Å². The Morgan fingerprint density at radius 3 is 1.85 bits per heavy atom. The van der Waals surface area contributed by atoms with E-state index >= 15 is 0 Å². The molecule has 0 unspecified atom stereocenters. The highest BCUT2D eigenvalue weighted by molar-refractivity contribution is 7.86. The molecule has 0 aromatic rings. The molecule has 0 aromatic carbocycles. The lowest BCUT2D eigenvalue weighted by molar-refractivity contribution is -0.941. The zero-order valence-corrected chi connectivity index (χ0v) is 11.8. The molecule has 0 spiro atoms. The zero-order valence-electron chi connectivity index (χ0n) is 11.0. The number of alkyl halides is 3. The van der Waals surface area contributed by atoms with E-state index in [0.717, 1.165) is 6.42 Å². The summed E-state index contributed by atoms with van der Waals surface area (Å²) in [7, 11) is -6.09. The average molecular weight is 320 g/mol. The minimum Gasteiger partial charge on any atom is -0.741 e. The molecule has 0 aliphatic carbocycles. The fraction of sp³-hybridized carbons (Fsp3) is 1.00. The average Bonchev–Trinajstić information content (AvgIpc) is 2.37. The quantitative estimate of drug-likeness (QED) is 0.433. The summed E-state index contributed by atoms with van der Waals surface area (Å²) in [5, 5.41) is 8.80. The largest absolute Gasteiger partial charge is 0.741 e. The molecule has 3 aliphatic heterocycles. The van der Waals surface area contributed by atoms with E-state index in [-0.39, 0.29) is 0 Å². The van der Waals surface area contributed by atoms with Gasteiger partial charge in [-0.05, 0) is 0 Å². The summed E-state index contributed by atoms with van der Waals surface area (Å²) in [5.41, 5.74) is -5.65. The lowest BCUT2D eigenvalue weighted by Crippen LogP contribution is -2.67. The first-order chi connectivity index (χ1) is 9.10. The number of halogens is 3. The van der Waals surface area contributed by atoms with Gasteiger partial charge in [0, 0.05) is 32.7 Å². The van der Waals surface area contributed by atoms with Crippen molar-refractivity contribution in [2.24, 2.45) is 0 Å². The molecule has 3 fully saturated rings. The van der Waals surface area contributed by atoms with Crippen LogP contribution >= 0.6 is 0 Å². The molecule has 1 N–H and O–H groups in total. The summed E-state index contributed by atoms with van der Waals surface area (Å²) in [6, 6.07) is 0. The summed E-state index contributed by atoms with van der Waals surface area (Å²) in [6.45, 7) is 9.37. The highest BCUT2D eigenvalue weighted by atomic mass is 32.2. The molecule has 0 aromatic heterocycles. The van der Waals surface area contributed by atoms with Gasteiger partial charge in [-0.3, -0.25) is 4.90 Å². The van der Waals surface area contributed by atoms with Crippen molar-refractivity contribution in [3.8, 4) is 0 Å². The Bertz CT molecular complexity index is 391. The SMILES string of the molecule is O=S(=O)([O-])C(F)(F)F.OCCC[N+]12CCN(CC1)CC2. The Morgan fingerprint density at radius 1 is 1.15 bits per heavy atom. The molecule has 0 saturated carbocycles. The van der Waals surface area contributed by atoms with Crippen LogP contribution in [-0.2, 0) is 10.1 Å². The molecule has 2 bridgehead atoms. The number of aliphatic hydroxyl groups excluding tert-OH is 1. The highest BCUT2D eigenvalue weighted by Crippen LogP contribution is 2.20. The maximum absolute atomic E-state index is 10.7. The third-order valence-corrected chi connectivity index (χ3v) is 4.31. The van der Waals surface area contributed by atoms with Gasteiger partial charge in [0.05, 0.1) is 26.2 Å². The number of fused-ring (bicyclic) bond motifs is 3. The van der Waals surface area contributed by atoms with Crippen molar-refractivity contribution in [3.63, 3.8) is 0 Å². The first-order valence-electron chi connectivity index (χ1n) is 6.30. The van der Waals surface area contributed by atoms with E-state index in [9.17, 15) is 13.2 Å². The lowest BCUT2D eigenvalue weighted by atomic mass is 10.1.